The molecule has 3 aromatic rings. The minimum absolute atomic E-state index is 0.0123. The van der Waals surface area contributed by atoms with Crippen LogP contribution in [-0.2, 0) is 17.9 Å². The lowest BCUT2D eigenvalue weighted by Gasteiger charge is -2.34. The van der Waals surface area contributed by atoms with Gasteiger partial charge in [-0.3, -0.25) is 4.79 Å². The fourth-order valence-corrected chi connectivity index (χ4v) is 4.42. The number of benzene rings is 3. The van der Waals surface area contributed by atoms with Crippen molar-refractivity contribution in [2.45, 2.75) is 51.3 Å². The first kappa shape index (κ1) is 23.7. The van der Waals surface area contributed by atoms with E-state index in [1.165, 1.54) is 6.42 Å². The molecule has 1 fully saturated rings. The molecule has 1 aliphatic carbocycles. The molecular weight excluding hydrogens is 426 g/mol. The third kappa shape index (κ3) is 6.53. The Morgan fingerprint density at radius 1 is 0.824 bits per heavy atom. The molecule has 1 saturated carbocycles. The van der Waals surface area contributed by atoms with E-state index < -0.39 is 0 Å². The van der Waals surface area contributed by atoms with Gasteiger partial charge in [-0.05, 0) is 48.2 Å². The second-order valence-corrected chi connectivity index (χ2v) is 8.67. The number of amides is 1. The first-order valence-electron chi connectivity index (χ1n) is 12.0. The van der Waals surface area contributed by atoms with E-state index in [1.807, 2.05) is 83.8 Å². The number of hydrogen-bond donors (Lipinski definition) is 0. The molecule has 0 aliphatic heterocycles. The van der Waals surface area contributed by atoms with E-state index in [9.17, 15) is 4.79 Å². The summed E-state index contributed by atoms with van der Waals surface area (Å²) in [6.07, 6.45) is 5.61. The molecule has 0 aromatic heterocycles. The molecule has 1 aliphatic rings. The van der Waals surface area contributed by atoms with Crippen LogP contribution >= 0.6 is 0 Å². The Bertz CT molecular complexity index is 1030. The van der Waals surface area contributed by atoms with Gasteiger partial charge in [-0.1, -0.05) is 73.9 Å². The highest BCUT2D eigenvalue weighted by atomic mass is 16.5. The molecule has 1 amide bonds. The van der Waals surface area contributed by atoms with Crippen LogP contribution < -0.4 is 14.2 Å². The second-order valence-electron chi connectivity index (χ2n) is 8.67. The molecule has 0 unspecified atom stereocenters. The van der Waals surface area contributed by atoms with Crippen LogP contribution in [0.5, 0.6) is 17.2 Å². The summed E-state index contributed by atoms with van der Waals surface area (Å²) in [6.45, 7) is 1.01. The first-order chi connectivity index (χ1) is 16.7. The first-order valence-corrected chi connectivity index (χ1v) is 12.0. The van der Waals surface area contributed by atoms with E-state index in [0.29, 0.717) is 30.4 Å². The van der Waals surface area contributed by atoms with Crippen molar-refractivity contribution in [1.29, 1.82) is 0 Å². The lowest BCUT2D eigenvalue weighted by atomic mass is 9.93. The summed E-state index contributed by atoms with van der Waals surface area (Å²) in [5.74, 6) is 2.09. The van der Waals surface area contributed by atoms with E-state index in [0.717, 1.165) is 36.8 Å². The van der Waals surface area contributed by atoms with Crippen molar-refractivity contribution in [2.24, 2.45) is 0 Å². The van der Waals surface area contributed by atoms with Crippen molar-refractivity contribution in [3.8, 4) is 17.2 Å². The van der Waals surface area contributed by atoms with Gasteiger partial charge < -0.3 is 19.1 Å². The minimum Gasteiger partial charge on any atom is -0.493 e. The number of nitrogens with zero attached hydrogens (tertiary/aromatic N) is 1. The Balaban J connectivity index is 1.48. The lowest BCUT2D eigenvalue weighted by molar-refractivity contribution is -0.137. The van der Waals surface area contributed by atoms with Gasteiger partial charge in [0.25, 0.3) is 5.91 Å². The van der Waals surface area contributed by atoms with Crippen molar-refractivity contribution in [3.05, 3.63) is 90.0 Å². The molecule has 178 valence electrons. The quantitative estimate of drug-likeness (QED) is 0.372. The van der Waals surface area contributed by atoms with Gasteiger partial charge in [0.2, 0.25) is 0 Å². The zero-order valence-electron chi connectivity index (χ0n) is 19.8. The maximum absolute atomic E-state index is 13.3. The molecule has 0 spiro atoms. The van der Waals surface area contributed by atoms with Gasteiger partial charge in [0.05, 0.1) is 7.11 Å². The summed E-state index contributed by atoms with van der Waals surface area (Å²) >= 11 is 0. The number of ether oxygens (including phenoxy) is 3. The van der Waals surface area contributed by atoms with E-state index >= 15 is 0 Å². The van der Waals surface area contributed by atoms with Gasteiger partial charge in [-0.2, -0.15) is 0 Å². The number of para-hydroxylation sites is 1. The fraction of sp³-hybridized carbons (Fsp3) is 0.345. The Hall–Kier alpha value is -3.47. The van der Waals surface area contributed by atoms with E-state index in [1.54, 1.807) is 7.11 Å². The van der Waals surface area contributed by atoms with Crippen molar-refractivity contribution in [1.82, 2.24) is 4.90 Å². The Morgan fingerprint density at radius 3 is 2.24 bits per heavy atom. The van der Waals surface area contributed by atoms with Gasteiger partial charge in [-0.25, -0.2) is 0 Å². The highest BCUT2D eigenvalue weighted by Gasteiger charge is 2.26. The van der Waals surface area contributed by atoms with Crippen LogP contribution in [0.25, 0.3) is 0 Å². The number of hydrogen-bond acceptors (Lipinski definition) is 4. The summed E-state index contributed by atoms with van der Waals surface area (Å²) in [5.41, 5.74) is 2.11. The van der Waals surface area contributed by atoms with Crippen LogP contribution in [0.4, 0.5) is 0 Å². The topological polar surface area (TPSA) is 48.0 Å². The van der Waals surface area contributed by atoms with E-state index in [4.69, 9.17) is 14.2 Å². The minimum atomic E-state index is 0.0123. The molecule has 5 nitrogen and oxygen atoms in total. The number of carbonyl (C=O) groups is 1. The Morgan fingerprint density at radius 2 is 1.53 bits per heavy atom. The summed E-state index contributed by atoms with van der Waals surface area (Å²) in [6, 6.07) is 25.7. The smallest absolute Gasteiger partial charge is 0.261 e. The zero-order chi connectivity index (χ0) is 23.6. The van der Waals surface area contributed by atoms with Crippen LogP contribution in [0.3, 0.4) is 0 Å². The van der Waals surface area contributed by atoms with Crippen LogP contribution in [0.1, 0.15) is 43.2 Å². The van der Waals surface area contributed by atoms with E-state index in [2.05, 4.69) is 0 Å². The summed E-state index contributed by atoms with van der Waals surface area (Å²) in [7, 11) is 1.64. The highest BCUT2D eigenvalue weighted by molar-refractivity contribution is 5.78. The van der Waals surface area contributed by atoms with Crippen LogP contribution in [0.15, 0.2) is 78.9 Å². The van der Waals surface area contributed by atoms with Crippen molar-refractivity contribution in [3.63, 3.8) is 0 Å². The van der Waals surface area contributed by atoms with Crippen molar-refractivity contribution >= 4 is 5.91 Å². The average Bonchev–Trinajstić information content (AvgIpc) is 2.91. The van der Waals surface area contributed by atoms with Gasteiger partial charge >= 0.3 is 0 Å². The third-order valence-electron chi connectivity index (χ3n) is 6.26. The maximum atomic E-state index is 13.3. The summed E-state index contributed by atoms with van der Waals surface area (Å²) < 4.78 is 17.4. The molecule has 0 heterocycles. The monoisotopic (exact) mass is 459 g/mol. The predicted molar refractivity (Wildman–Crippen MR) is 133 cm³/mol. The highest BCUT2D eigenvalue weighted by Crippen LogP contribution is 2.31. The molecule has 0 atom stereocenters. The molecule has 0 bridgehead atoms. The summed E-state index contributed by atoms with van der Waals surface area (Å²) in [4.78, 5) is 15.3. The zero-order valence-corrected chi connectivity index (χ0v) is 19.8. The normalized spacial score (nSPS) is 13.8. The molecule has 0 N–H and O–H groups in total. The van der Waals surface area contributed by atoms with Crippen molar-refractivity contribution in [2.75, 3.05) is 13.7 Å². The van der Waals surface area contributed by atoms with Crippen molar-refractivity contribution < 1.29 is 19.0 Å². The van der Waals surface area contributed by atoms with Crippen LogP contribution in [0.2, 0.25) is 0 Å². The van der Waals surface area contributed by atoms with Gasteiger partial charge in [-0.15, -0.1) is 0 Å². The third-order valence-corrected chi connectivity index (χ3v) is 6.26. The van der Waals surface area contributed by atoms with Crippen LogP contribution in [-0.4, -0.2) is 30.6 Å². The number of carbonyl (C=O) groups excluding carboxylic acids is 1. The fourth-order valence-electron chi connectivity index (χ4n) is 4.42. The molecule has 0 radical (unpaired) electrons. The van der Waals surface area contributed by atoms with Gasteiger partial charge in [0, 0.05) is 12.6 Å². The predicted octanol–water partition coefficient (Wildman–Crippen LogP) is 6.01. The second kappa shape index (κ2) is 12.1. The lowest BCUT2D eigenvalue weighted by Crippen LogP contribution is -2.43. The Labute approximate surface area is 202 Å². The molecule has 0 saturated heterocycles. The molecular formula is C29H33NO4. The average molecular weight is 460 g/mol. The number of rotatable bonds is 10. The SMILES string of the molecule is COc1ccc(CN(C(=O)COc2ccccc2)C2CCCCC2)cc1OCc1ccccc1. The van der Waals surface area contributed by atoms with E-state index in [-0.39, 0.29) is 18.6 Å². The van der Waals surface area contributed by atoms with Gasteiger partial charge in [0.1, 0.15) is 12.4 Å². The molecule has 34 heavy (non-hydrogen) atoms. The number of methoxy groups -OCH3 is 1. The van der Waals surface area contributed by atoms with Crippen LogP contribution in [0, 0.1) is 0 Å². The van der Waals surface area contributed by atoms with Gasteiger partial charge in [0.15, 0.2) is 18.1 Å². The molecule has 4 rings (SSSR count). The Kier molecular flexibility index (Phi) is 8.44. The standard InChI is InChI=1S/C29H33NO4/c1-32-27-18-17-24(19-28(27)34-21-23-11-5-2-6-12-23)20-30(25-13-7-3-8-14-25)29(31)22-33-26-15-9-4-10-16-26/h2,4-6,9-12,15-19,25H,3,7-8,13-14,20-22H2,1H3. The maximum Gasteiger partial charge on any atom is 0.261 e. The molecule has 5 heteroatoms. The molecule has 3 aromatic carbocycles. The largest absolute Gasteiger partial charge is 0.493 e. The summed E-state index contributed by atoms with van der Waals surface area (Å²) in [5, 5.41) is 0.